The molecule has 70 valence electrons. The van der Waals surface area contributed by atoms with Crippen LogP contribution in [0.3, 0.4) is 0 Å². The standard InChI is InChI=1S/C11H16N2/c1-8-7-13(2)11-5-9(6-12)3-4-10(8)11/h3-5,8H,6-7,12H2,1-2H3. The molecule has 1 aromatic carbocycles. The minimum Gasteiger partial charge on any atom is -0.374 e. The molecule has 2 rings (SSSR count). The van der Waals surface area contributed by atoms with Gasteiger partial charge in [0.15, 0.2) is 0 Å². The van der Waals surface area contributed by atoms with Gasteiger partial charge in [-0.25, -0.2) is 0 Å². The Balaban J connectivity index is 2.46. The van der Waals surface area contributed by atoms with Crippen LogP contribution < -0.4 is 10.6 Å². The highest BCUT2D eigenvalue weighted by Gasteiger charge is 2.22. The fourth-order valence-electron chi connectivity index (χ4n) is 2.07. The highest BCUT2D eigenvalue weighted by molar-refractivity contribution is 5.60. The summed E-state index contributed by atoms with van der Waals surface area (Å²) in [6.07, 6.45) is 0. The van der Waals surface area contributed by atoms with Crippen molar-refractivity contribution >= 4 is 5.69 Å². The SMILES string of the molecule is CC1CN(C)c2cc(CN)ccc21. The summed E-state index contributed by atoms with van der Waals surface area (Å²) in [6, 6.07) is 6.55. The Morgan fingerprint density at radius 2 is 2.31 bits per heavy atom. The van der Waals surface area contributed by atoms with Gasteiger partial charge < -0.3 is 10.6 Å². The van der Waals surface area contributed by atoms with E-state index in [1.54, 1.807) is 0 Å². The summed E-state index contributed by atoms with van der Waals surface area (Å²) in [6.45, 7) is 4.03. The normalized spacial score (nSPS) is 20.5. The van der Waals surface area contributed by atoms with Crippen molar-refractivity contribution in [2.45, 2.75) is 19.4 Å². The second kappa shape index (κ2) is 3.04. The van der Waals surface area contributed by atoms with Crippen molar-refractivity contribution in [2.75, 3.05) is 18.5 Å². The summed E-state index contributed by atoms with van der Waals surface area (Å²) < 4.78 is 0. The Hall–Kier alpha value is -1.02. The van der Waals surface area contributed by atoms with Crippen molar-refractivity contribution in [3.8, 4) is 0 Å². The molecule has 1 aliphatic heterocycles. The molecule has 0 aliphatic carbocycles. The van der Waals surface area contributed by atoms with Gasteiger partial charge in [0.2, 0.25) is 0 Å². The second-order valence-corrected chi connectivity index (χ2v) is 3.88. The van der Waals surface area contributed by atoms with Gasteiger partial charge in [-0.3, -0.25) is 0 Å². The zero-order valence-corrected chi connectivity index (χ0v) is 8.25. The van der Waals surface area contributed by atoms with Crippen molar-refractivity contribution in [3.63, 3.8) is 0 Å². The van der Waals surface area contributed by atoms with Crippen molar-refractivity contribution in [2.24, 2.45) is 5.73 Å². The molecule has 0 saturated carbocycles. The molecule has 0 fully saturated rings. The lowest BCUT2D eigenvalue weighted by Crippen LogP contribution is -2.14. The van der Waals surface area contributed by atoms with Gasteiger partial charge in [0.25, 0.3) is 0 Å². The van der Waals surface area contributed by atoms with E-state index in [9.17, 15) is 0 Å². The fraction of sp³-hybridized carbons (Fsp3) is 0.455. The highest BCUT2D eigenvalue weighted by Crippen LogP contribution is 2.35. The van der Waals surface area contributed by atoms with Crippen LogP contribution in [0.4, 0.5) is 5.69 Å². The molecule has 0 radical (unpaired) electrons. The molecule has 2 heteroatoms. The first-order valence-electron chi connectivity index (χ1n) is 4.76. The first kappa shape index (κ1) is 8.57. The number of fused-ring (bicyclic) bond motifs is 1. The van der Waals surface area contributed by atoms with Crippen LogP contribution in [0.25, 0.3) is 0 Å². The molecule has 2 N–H and O–H groups in total. The van der Waals surface area contributed by atoms with Gasteiger partial charge in [-0.1, -0.05) is 19.1 Å². The summed E-state index contributed by atoms with van der Waals surface area (Å²) in [7, 11) is 2.14. The monoisotopic (exact) mass is 176 g/mol. The number of likely N-dealkylation sites (N-methyl/N-ethyl adjacent to an activating group) is 1. The third-order valence-electron chi connectivity index (χ3n) is 2.82. The van der Waals surface area contributed by atoms with E-state index in [1.807, 2.05) is 0 Å². The van der Waals surface area contributed by atoms with Crippen molar-refractivity contribution in [3.05, 3.63) is 29.3 Å². The Bertz CT molecular complexity index is 320. The Labute approximate surface area is 79.4 Å². The van der Waals surface area contributed by atoms with Crippen LogP contribution in [0.15, 0.2) is 18.2 Å². The minimum absolute atomic E-state index is 0.634. The van der Waals surface area contributed by atoms with Crippen molar-refractivity contribution in [1.82, 2.24) is 0 Å². The number of rotatable bonds is 1. The molecule has 0 bridgehead atoms. The summed E-state index contributed by atoms with van der Waals surface area (Å²) >= 11 is 0. The molecule has 0 aromatic heterocycles. The molecule has 0 spiro atoms. The Kier molecular flexibility index (Phi) is 2.00. The smallest absolute Gasteiger partial charge is 0.0403 e. The van der Waals surface area contributed by atoms with Gasteiger partial charge in [-0.05, 0) is 17.2 Å². The van der Waals surface area contributed by atoms with Gasteiger partial charge in [-0.15, -0.1) is 0 Å². The number of nitrogens with zero attached hydrogens (tertiary/aromatic N) is 1. The molecular formula is C11H16N2. The Morgan fingerprint density at radius 1 is 1.54 bits per heavy atom. The lowest BCUT2D eigenvalue weighted by atomic mass is 10.0. The minimum atomic E-state index is 0.634. The maximum atomic E-state index is 5.61. The number of benzene rings is 1. The number of anilines is 1. The van der Waals surface area contributed by atoms with Crippen LogP contribution in [-0.2, 0) is 6.54 Å². The molecule has 1 unspecified atom stereocenters. The van der Waals surface area contributed by atoms with E-state index in [0.717, 1.165) is 6.54 Å². The third-order valence-corrected chi connectivity index (χ3v) is 2.82. The molecule has 0 saturated heterocycles. The van der Waals surface area contributed by atoms with E-state index < -0.39 is 0 Å². The number of nitrogens with two attached hydrogens (primary N) is 1. The zero-order chi connectivity index (χ0) is 9.42. The Morgan fingerprint density at radius 3 is 3.00 bits per heavy atom. The lowest BCUT2D eigenvalue weighted by Gasteiger charge is -2.12. The molecule has 0 amide bonds. The van der Waals surface area contributed by atoms with Gasteiger partial charge in [0.1, 0.15) is 0 Å². The lowest BCUT2D eigenvalue weighted by molar-refractivity contribution is 0.796. The number of hydrogen-bond donors (Lipinski definition) is 1. The molecular weight excluding hydrogens is 160 g/mol. The average molecular weight is 176 g/mol. The molecule has 2 nitrogen and oxygen atoms in total. The predicted molar refractivity (Wildman–Crippen MR) is 56.0 cm³/mol. The van der Waals surface area contributed by atoms with E-state index in [0.29, 0.717) is 12.5 Å². The first-order valence-corrected chi connectivity index (χ1v) is 4.76. The van der Waals surface area contributed by atoms with Crippen LogP contribution >= 0.6 is 0 Å². The molecule has 1 aromatic rings. The highest BCUT2D eigenvalue weighted by atomic mass is 15.1. The van der Waals surface area contributed by atoms with Crippen molar-refractivity contribution in [1.29, 1.82) is 0 Å². The molecule has 13 heavy (non-hydrogen) atoms. The van der Waals surface area contributed by atoms with Crippen molar-refractivity contribution < 1.29 is 0 Å². The molecule has 1 aliphatic rings. The summed E-state index contributed by atoms with van der Waals surface area (Å²) in [5.41, 5.74) is 9.64. The maximum absolute atomic E-state index is 5.61. The largest absolute Gasteiger partial charge is 0.374 e. The van der Waals surface area contributed by atoms with Gasteiger partial charge in [0, 0.05) is 31.7 Å². The van der Waals surface area contributed by atoms with E-state index in [2.05, 4.69) is 37.1 Å². The first-order chi connectivity index (χ1) is 6.22. The summed E-state index contributed by atoms with van der Waals surface area (Å²) in [4.78, 5) is 2.30. The van der Waals surface area contributed by atoms with Gasteiger partial charge >= 0.3 is 0 Å². The topological polar surface area (TPSA) is 29.3 Å². The predicted octanol–water partition coefficient (Wildman–Crippen LogP) is 1.70. The maximum Gasteiger partial charge on any atom is 0.0403 e. The van der Waals surface area contributed by atoms with Crippen LogP contribution in [-0.4, -0.2) is 13.6 Å². The average Bonchev–Trinajstić information content (AvgIpc) is 2.42. The fourth-order valence-corrected chi connectivity index (χ4v) is 2.07. The molecule has 1 heterocycles. The van der Waals surface area contributed by atoms with E-state index in [-0.39, 0.29) is 0 Å². The molecule has 1 atom stereocenters. The second-order valence-electron chi connectivity index (χ2n) is 3.88. The van der Waals surface area contributed by atoms with E-state index >= 15 is 0 Å². The van der Waals surface area contributed by atoms with Crippen LogP contribution in [0.5, 0.6) is 0 Å². The van der Waals surface area contributed by atoms with Crippen LogP contribution in [0.1, 0.15) is 24.0 Å². The zero-order valence-electron chi connectivity index (χ0n) is 8.25. The van der Waals surface area contributed by atoms with Crippen LogP contribution in [0, 0.1) is 0 Å². The quantitative estimate of drug-likeness (QED) is 0.705. The van der Waals surface area contributed by atoms with Gasteiger partial charge in [-0.2, -0.15) is 0 Å². The summed E-state index contributed by atoms with van der Waals surface area (Å²) in [5, 5.41) is 0. The third kappa shape index (κ3) is 1.31. The summed E-state index contributed by atoms with van der Waals surface area (Å²) in [5.74, 6) is 0.659. The van der Waals surface area contributed by atoms with E-state index in [4.69, 9.17) is 5.73 Å². The van der Waals surface area contributed by atoms with E-state index in [1.165, 1.54) is 16.8 Å². The van der Waals surface area contributed by atoms with Gasteiger partial charge in [0.05, 0.1) is 0 Å². The number of hydrogen-bond acceptors (Lipinski definition) is 2. The van der Waals surface area contributed by atoms with Crippen LogP contribution in [0.2, 0.25) is 0 Å².